The number of nitrogens with one attached hydrogen (secondary N) is 1. The Labute approximate surface area is 92.6 Å². The number of rotatable bonds is 5. The van der Waals surface area contributed by atoms with E-state index in [1.165, 1.54) is 0 Å². The summed E-state index contributed by atoms with van der Waals surface area (Å²) in [4.78, 5) is 10.9. The molecule has 3 N–H and O–H groups in total. The zero-order chi connectivity index (χ0) is 12.0. The fraction of sp³-hybridized carbons (Fsp3) is 0.667. The van der Waals surface area contributed by atoms with Crippen molar-refractivity contribution in [3.05, 3.63) is 11.8 Å². The number of aliphatic hydroxyl groups excluding tert-OH is 1. The van der Waals surface area contributed by atoms with Gasteiger partial charge in [-0.2, -0.15) is 0 Å². The van der Waals surface area contributed by atoms with Crippen LogP contribution in [0.2, 0.25) is 0 Å². The maximum Gasteiger partial charge on any atom is 0.338 e. The lowest BCUT2D eigenvalue weighted by Gasteiger charge is -2.12. The van der Waals surface area contributed by atoms with E-state index in [0.717, 1.165) is 13.2 Å². The largest absolute Gasteiger partial charge is 0.467 e. The molecule has 7 heteroatoms. The highest BCUT2D eigenvalue weighted by molar-refractivity contribution is 5.76. The number of ether oxygens (including phenoxy) is 3. The summed E-state index contributed by atoms with van der Waals surface area (Å²) < 4.78 is 14.6. The third kappa shape index (κ3) is 3.78. The molecule has 0 aromatic rings. The van der Waals surface area contributed by atoms with Gasteiger partial charge in [-0.25, -0.2) is 4.79 Å². The molecule has 1 unspecified atom stereocenters. The van der Waals surface area contributed by atoms with Gasteiger partial charge < -0.3 is 19.3 Å². The van der Waals surface area contributed by atoms with Gasteiger partial charge in [-0.15, -0.1) is 0 Å². The quantitative estimate of drug-likeness (QED) is 0.420. The first-order valence-corrected chi connectivity index (χ1v) is 4.77. The van der Waals surface area contributed by atoms with Gasteiger partial charge in [0.05, 0.1) is 20.3 Å². The minimum absolute atomic E-state index is 0.213. The molecule has 1 aliphatic heterocycles. The summed E-state index contributed by atoms with van der Waals surface area (Å²) in [6.07, 6.45) is -0.557. The molecule has 1 aliphatic rings. The Bertz CT molecular complexity index is 261. The van der Waals surface area contributed by atoms with Gasteiger partial charge in [-0.05, 0) is 6.08 Å². The van der Waals surface area contributed by atoms with Gasteiger partial charge in [0, 0.05) is 12.1 Å². The van der Waals surface area contributed by atoms with Crippen LogP contribution in [0.4, 0.5) is 0 Å². The summed E-state index contributed by atoms with van der Waals surface area (Å²) in [5.74, 6) is -0.805. The number of methoxy groups -OCH3 is 1. The van der Waals surface area contributed by atoms with Crippen molar-refractivity contribution in [3.63, 3.8) is 0 Å². The van der Waals surface area contributed by atoms with Crippen molar-refractivity contribution in [2.24, 2.45) is 0 Å². The third-order valence-electron chi connectivity index (χ3n) is 2.02. The van der Waals surface area contributed by atoms with Crippen LogP contribution in [0, 0.1) is 0 Å². The van der Waals surface area contributed by atoms with Gasteiger partial charge >= 0.3 is 5.97 Å². The Kier molecular flexibility index (Phi) is 5.20. The molecule has 0 aliphatic carbocycles. The molecule has 0 bridgehead atoms. The highest BCUT2D eigenvalue weighted by atomic mass is 16.7. The van der Waals surface area contributed by atoms with Crippen LogP contribution in [-0.4, -0.2) is 49.0 Å². The van der Waals surface area contributed by atoms with Crippen molar-refractivity contribution in [2.75, 3.05) is 20.3 Å². The highest BCUT2D eigenvalue weighted by Gasteiger charge is 2.20. The molecule has 0 saturated carbocycles. The summed E-state index contributed by atoms with van der Waals surface area (Å²) in [6.45, 7) is 0.978. The number of carbonyl (C=O) groups excluding carboxylic acids is 1. The van der Waals surface area contributed by atoms with Crippen LogP contribution < -0.4 is 5.48 Å². The number of hydroxylamine groups is 1. The van der Waals surface area contributed by atoms with E-state index in [0.29, 0.717) is 13.2 Å². The van der Waals surface area contributed by atoms with Crippen molar-refractivity contribution in [2.45, 2.75) is 18.8 Å². The maximum absolute atomic E-state index is 10.9. The van der Waals surface area contributed by atoms with Gasteiger partial charge in [0.2, 0.25) is 0 Å². The standard InChI is InChI=1S/C9H15NO6/c1-14-9(12)7(11)4-6(10-13)5-8-15-2-3-16-8/h4,7-8,10-11,13H,2-3,5H2,1H3. The number of carbonyl (C=O) groups is 1. The molecule has 0 spiro atoms. The summed E-state index contributed by atoms with van der Waals surface area (Å²) in [5.41, 5.74) is 2.10. The zero-order valence-electron chi connectivity index (χ0n) is 8.88. The van der Waals surface area contributed by atoms with Crippen LogP contribution in [-0.2, 0) is 19.0 Å². The monoisotopic (exact) mass is 233 g/mol. The van der Waals surface area contributed by atoms with Crippen molar-refractivity contribution in [1.29, 1.82) is 0 Å². The van der Waals surface area contributed by atoms with Crippen molar-refractivity contribution in [1.82, 2.24) is 5.48 Å². The van der Waals surface area contributed by atoms with E-state index in [1.54, 1.807) is 0 Å². The predicted octanol–water partition coefficient (Wildman–Crippen LogP) is -0.854. The van der Waals surface area contributed by atoms with Crippen LogP contribution in [0.25, 0.3) is 0 Å². The molecule has 1 rings (SSSR count). The fourth-order valence-corrected chi connectivity index (χ4v) is 1.23. The van der Waals surface area contributed by atoms with Crippen LogP contribution in [0.5, 0.6) is 0 Å². The maximum atomic E-state index is 10.9. The summed E-state index contributed by atoms with van der Waals surface area (Å²) in [7, 11) is 1.16. The summed E-state index contributed by atoms with van der Waals surface area (Å²) >= 11 is 0. The van der Waals surface area contributed by atoms with E-state index >= 15 is 0 Å². The number of aliphatic hydroxyl groups is 1. The van der Waals surface area contributed by atoms with E-state index in [4.69, 9.17) is 14.7 Å². The SMILES string of the molecule is COC(=O)C(O)C=C(CC1OCCO1)NO. The van der Waals surface area contributed by atoms with Gasteiger partial charge in [0.15, 0.2) is 12.4 Å². The van der Waals surface area contributed by atoms with Gasteiger partial charge in [0.25, 0.3) is 0 Å². The first-order valence-electron chi connectivity index (χ1n) is 4.77. The fourth-order valence-electron chi connectivity index (χ4n) is 1.23. The molecule has 1 fully saturated rings. The average molecular weight is 233 g/mol. The minimum Gasteiger partial charge on any atom is -0.467 e. The normalized spacial score (nSPS) is 19.6. The lowest BCUT2D eigenvalue weighted by atomic mass is 10.2. The Hall–Kier alpha value is -1.15. The van der Waals surface area contributed by atoms with E-state index in [2.05, 4.69) is 4.74 Å². The zero-order valence-corrected chi connectivity index (χ0v) is 8.88. The second kappa shape index (κ2) is 6.44. The number of hydrogen-bond acceptors (Lipinski definition) is 7. The van der Waals surface area contributed by atoms with Crippen LogP contribution in [0.3, 0.4) is 0 Å². The van der Waals surface area contributed by atoms with Crippen molar-refractivity contribution in [3.8, 4) is 0 Å². The predicted molar refractivity (Wildman–Crippen MR) is 51.3 cm³/mol. The summed E-state index contributed by atoms with van der Waals surface area (Å²) in [5, 5.41) is 18.1. The van der Waals surface area contributed by atoms with Crippen LogP contribution in [0.15, 0.2) is 11.8 Å². The first kappa shape index (κ1) is 12.9. The van der Waals surface area contributed by atoms with E-state index in [9.17, 15) is 9.90 Å². The van der Waals surface area contributed by atoms with Gasteiger partial charge in [0.1, 0.15) is 0 Å². The van der Waals surface area contributed by atoms with Crippen molar-refractivity contribution < 1.29 is 29.3 Å². The molecule has 92 valence electrons. The minimum atomic E-state index is -1.43. The number of hydrogen-bond donors (Lipinski definition) is 3. The van der Waals surface area contributed by atoms with Gasteiger partial charge in [-0.3, -0.25) is 10.7 Å². The Morgan fingerprint density at radius 1 is 1.62 bits per heavy atom. The lowest BCUT2D eigenvalue weighted by molar-refractivity contribution is -0.147. The van der Waals surface area contributed by atoms with E-state index in [1.807, 2.05) is 5.48 Å². The van der Waals surface area contributed by atoms with E-state index in [-0.39, 0.29) is 12.1 Å². The molecule has 0 aromatic carbocycles. The molecule has 0 radical (unpaired) electrons. The molecular weight excluding hydrogens is 218 g/mol. The molecule has 0 amide bonds. The smallest absolute Gasteiger partial charge is 0.338 e. The van der Waals surface area contributed by atoms with Gasteiger partial charge in [-0.1, -0.05) is 0 Å². The second-order valence-electron chi connectivity index (χ2n) is 3.15. The Morgan fingerprint density at radius 2 is 2.25 bits per heavy atom. The number of esters is 1. The Morgan fingerprint density at radius 3 is 2.75 bits per heavy atom. The van der Waals surface area contributed by atoms with Crippen molar-refractivity contribution >= 4 is 5.97 Å². The highest BCUT2D eigenvalue weighted by Crippen LogP contribution is 2.13. The lowest BCUT2D eigenvalue weighted by Crippen LogP contribution is -2.23. The third-order valence-corrected chi connectivity index (χ3v) is 2.02. The molecule has 1 saturated heterocycles. The second-order valence-corrected chi connectivity index (χ2v) is 3.15. The van der Waals surface area contributed by atoms with Crippen LogP contribution >= 0.6 is 0 Å². The average Bonchev–Trinajstić information content (AvgIpc) is 2.79. The van der Waals surface area contributed by atoms with E-state index < -0.39 is 18.4 Å². The molecular formula is C9H15NO6. The molecule has 1 atom stereocenters. The van der Waals surface area contributed by atoms with Crippen LogP contribution in [0.1, 0.15) is 6.42 Å². The Balaban J connectivity index is 2.51. The summed E-state index contributed by atoms with van der Waals surface area (Å²) in [6, 6.07) is 0. The molecule has 1 heterocycles. The molecule has 0 aromatic heterocycles. The topological polar surface area (TPSA) is 97.3 Å². The first-order chi connectivity index (χ1) is 7.67. The molecule has 16 heavy (non-hydrogen) atoms. The molecule has 7 nitrogen and oxygen atoms in total.